The molecule has 1 atom stereocenters. The highest BCUT2D eigenvalue weighted by molar-refractivity contribution is 8.02. The predicted octanol–water partition coefficient (Wildman–Crippen LogP) is 1.77. The highest BCUT2D eigenvalue weighted by atomic mass is 32.2. The summed E-state index contributed by atoms with van der Waals surface area (Å²) in [6, 6.07) is 7.77. The second-order valence-electron chi connectivity index (χ2n) is 3.82. The molecule has 5 heteroatoms. The lowest BCUT2D eigenvalue weighted by molar-refractivity contribution is -0.105. The largest absolute Gasteiger partial charge is 0.372 e. The topological polar surface area (TPSA) is 67.2 Å². The summed E-state index contributed by atoms with van der Waals surface area (Å²) in [5.74, 6) is 0.823. The molecule has 94 valence electrons. The Morgan fingerprint density at radius 2 is 2.39 bits per heavy atom. The van der Waals surface area contributed by atoms with Crippen LogP contribution in [0.2, 0.25) is 0 Å². The monoisotopic (exact) mass is 261 g/mol. The zero-order valence-electron chi connectivity index (χ0n) is 9.80. The zero-order valence-corrected chi connectivity index (χ0v) is 10.6. The summed E-state index contributed by atoms with van der Waals surface area (Å²) in [4.78, 5) is 11.5. The summed E-state index contributed by atoms with van der Waals surface area (Å²) in [6.45, 7) is 0. The first-order valence-corrected chi connectivity index (χ1v) is 6.58. The van der Waals surface area contributed by atoms with Gasteiger partial charge in [0.25, 0.3) is 0 Å². The zero-order chi connectivity index (χ0) is 12.8. The summed E-state index contributed by atoms with van der Waals surface area (Å²) in [6.07, 6.45) is 6.34. The average Bonchev–Trinajstić information content (AvgIpc) is 2.39. The van der Waals surface area contributed by atoms with Crippen molar-refractivity contribution in [3.8, 4) is 0 Å². The Kier molecular flexibility index (Phi) is 4.44. The molecule has 0 spiro atoms. The van der Waals surface area contributed by atoms with Crippen molar-refractivity contribution < 1.29 is 4.79 Å². The van der Waals surface area contributed by atoms with Gasteiger partial charge in [0.15, 0.2) is 0 Å². The quantitative estimate of drug-likeness (QED) is 0.707. The number of nitrogens with one attached hydrogen (secondary N) is 2. The van der Waals surface area contributed by atoms with E-state index in [1.807, 2.05) is 42.6 Å². The molecule has 4 N–H and O–H groups in total. The number of dihydropyridines is 1. The second-order valence-corrected chi connectivity index (χ2v) is 4.87. The molecule has 0 aromatic heterocycles. The Morgan fingerprint density at radius 1 is 1.50 bits per heavy atom. The molecule has 1 aliphatic heterocycles. The number of allylic oxidation sites excluding steroid dienone is 2. The Labute approximate surface area is 110 Å². The lowest BCUT2D eigenvalue weighted by Crippen LogP contribution is -2.36. The van der Waals surface area contributed by atoms with Crippen LogP contribution in [0.5, 0.6) is 0 Å². The van der Waals surface area contributed by atoms with Crippen LogP contribution in [0.1, 0.15) is 5.56 Å². The van der Waals surface area contributed by atoms with Gasteiger partial charge in [-0.25, -0.2) is 0 Å². The van der Waals surface area contributed by atoms with Crippen LogP contribution >= 0.6 is 11.8 Å². The number of anilines is 1. The van der Waals surface area contributed by atoms with E-state index in [1.54, 1.807) is 11.8 Å². The maximum absolute atomic E-state index is 10.4. The number of benzene rings is 1. The molecule has 1 aromatic rings. The van der Waals surface area contributed by atoms with Gasteiger partial charge in [-0.05, 0) is 36.0 Å². The number of nitrogens with two attached hydrogens (primary N) is 1. The summed E-state index contributed by atoms with van der Waals surface area (Å²) >= 11 is 1.69. The minimum Gasteiger partial charge on any atom is -0.372 e. The van der Waals surface area contributed by atoms with Crippen LogP contribution in [0, 0.1) is 0 Å². The first-order chi connectivity index (χ1) is 8.79. The number of hydrogen-bond acceptors (Lipinski definition) is 4. The smallest absolute Gasteiger partial charge is 0.211 e. The molecule has 1 heterocycles. The molecule has 1 amide bonds. The minimum absolute atomic E-state index is 0.128. The first kappa shape index (κ1) is 12.7. The Bertz CT molecular complexity index is 485. The third kappa shape index (κ3) is 3.38. The van der Waals surface area contributed by atoms with Crippen LogP contribution in [0.25, 0.3) is 0 Å². The van der Waals surface area contributed by atoms with Gasteiger partial charge in [0.05, 0.1) is 0 Å². The Hall–Kier alpha value is -1.72. The van der Waals surface area contributed by atoms with Crippen molar-refractivity contribution >= 4 is 23.9 Å². The van der Waals surface area contributed by atoms with Gasteiger partial charge >= 0.3 is 0 Å². The SMILES string of the molecule is NC1NC=CC=C1SCc1cccc(NC=O)c1. The van der Waals surface area contributed by atoms with Crippen LogP contribution in [0.15, 0.2) is 47.5 Å². The summed E-state index contributed by atoms with van der Waals surface area (Å²) in [7, 11) is 0. The van der Waals surface area contributed by atoms with Gasteiger partial charge in [-0.15, -0.1) is 11.8 Å². The molecule has 0 aliphatic carbocycles. The van der Waals surface area contributed by atoms with Crippen LogP contribution < -0.4 is 16.4 Å². The van der Waals surface area contributed by atoms with Gasteiger partial charge in [0, 0.05) is 16.3 Å². The summed E-state index contributed by atoms with van der Waals surface area (Å²) in [5.41, 5.74) is 7.87. The molecular weight excluding hydrogens is 246 g/mol. The maximum Gasteiger partial charge on any atom is 0.211 e. The lowest BCUT2D eigenvalue weighted by Gasteiger charge is -2.18. The van der Waals surface area contributed by atoms with E-state index in [0.717, 1.165) is 21.9 Å². The highest BCUT2D eigenvalue weighted by Crippen LogP contribution is 2.25. The maximum atomic E-state index is 10.4. The molecule has 0 fully saturated rings. The minimum atomic E-state index is -0.128. The molecule has 0 radical (unpaired) electrons. The van der Waals surface area contributed by atoms with E-state index >= 15 is 0 Å². The van der Waals surface area contributed by atoms with Crippen LogP contribution in [-0.2, 0) is 10.5 Å². The lowest BCUT2D eigenvalue weighted by atomic mass is 10.2. The number of rotatable bonds is 5. The van der Waals surface area contributed by atoms with Gasteiger partial charge in [-0.2, -0.15) is 0 Å². The Morgan fingerprint density at radius 3 is 3.17 bits per heavy atom. The van der Waals surface area contributed by atoms with Crippen molar-refractivity contribution in [2.24, 2.45) is 5.73 Å². The van der Waals surface area contributed by atoms with Gasteiger partial charge in [0.1, 0.15) is 6.17 Å². The fourth-order valence-electron chi connectivity index (χ4n) is 1.61. The van der Waals surface area contributed by atoms with Crippen molar-refractivity contribution in [1.82, 2.24) is 5.32 Å². The molecular formula is C13H15N3OS. The molecule has 1 aromatic carbocycles. The van der Waals surface area contributed by atoms with E-state index < -0.39 is 0 Å². The molecule has 2 rings (SSSR count). The number of amides is 1. The molecule has 1 aliphatic rings. The second kappa shape index (κ2) is 6.28. The normalized spacial score (nSPS) is 17.8. The number of hydrogen-bond donors (Lipinski definition) is 3. The van der Waals surface area contributed by atoms with Crippen molar-refractivity contribution in [3.63, 3.8) is 0 Å². The Balaban J connectivity index is 1.97. The molecule has 0 bridgehead atoms. The van der Waals surface area contributed by atoms with Gasteiger partial charge < -0.3 is 16.4 Å². The van der Waals surface area contributed by atoms with Crippen LogP contribution in [-0.4, -0.2) is 12.6 Å². The van der Waals surface area contributed by atoms with Crippen LogP contribution in [0.3, 0.4) is 0 Å². The summed E-state index contributed by atoms with van der Waals surface area (Å²) in [5, 5.41) is 5.69. The van der Waals surface area contributed by atoms with E-state index in [1.165, 1.54) is 0 Å². The fourth-order valence-corrected chi connectivity index (χ4v) is 2.55. The molecule has 4 nitrogen and oxygen atoms in total. The first-order valence-electron chi connectivity index (χ1n) is 5.60. The van der Waals surface area contributed by atoms with Gasteiger partial charge in [0.2, 0.25) is 6.41 Å². The van der Waals surface area contributed by atoms with E-state index in [0.29, 0.717) is 6.41 Å². The number of carbonyl (C=O) groups is 1. The standard InChI is InChI=1S/C13H15N3OS/c14-13-12(5-2-6-15-13)18-8-10-3-1-4-11(7-10)16-9-17/h1-7,9,13,15H,8,14H2,(H,16,17). The van der Waals surface area contributed by atoms with E-state index in [2.05, 4.69) is 10.6 Å². The fraction of sp³-hybridized carbons (Fsp3) is 0.154. The molecule has 1 unspecified atom stereocenters. The van der Waals surface area contributed by atoms with E-state index in [9.17, 15) is 4.79 Å². The van der Waals surface area contributed by atoms with E-state index in [-0.39, 0.29) is 6.17 Å². The van der Waals surface area contributed by atoms with Gasteiger partial charge in [-0.1, -0.05) is 12.1 Å². The number of thioether (sulfide) groups is 1. The third-order valence-electron chi connectivity index (χ3n) is 2.50. The third-order valence-corrected chi connectivity index (χ3v) is 3.70. The van der Waals surface area contributed by atoms with Crippen molar-refractivity contribution in [3.05, 3.63) is 53.1 Å². The van der Waals surface area contributed by atoms with Crippen molar-refractivity contribution in [1.29, 1.82) is 0 Å². The molecule has 0 saturated carbocycles. The van der Waals surface area contributed by atoms with Crippen LogP contribution in [0.4, 0.5) is 5.69 Å². The van der Waals surface area contributed by atoms with E-state index in [4.69, 9.17) is 5.73 Å². The van der Waals surface area contributed by atoms with Gasteiger partial charge in [-0.3, -0.25) is 4.79 Å². The van der Waals surface area contributed by atoms with Crippen molar-refractivity contribution in [2.75, 3.05) is 5.32 Å². The van der Waals surface area contributed by atoms with Crippen molar-refractivity contribution in [2.45, 2.75) is 11.9 Å². The molecule has 0 saturated heterocycles. The highest BCUT2D eigenvalue weighted by Gasteiger charge is 2.10. The summed E-state index contributed by atoms with van der Waals surface area (Å²) < 4.78 is 0. The predicted molar refractivity (Wildman–Crippen MR) is 75.8 cm³/mol. The molecule has 18 heavy (non-hydrogen) atoms. The average molecular weight is 261 g/mol. The number of carbonyl (C=O) groups excluding carboxylic acids is 1.